The second kappa shape index (κ2) is 6.09. The smallest absolute Gasteiger partial charge is 0.217 e. The molecule has 5 rings (SSSR count). The lowest BCUT2D eigenvalue weighted by molar-refractivity contribution is -0.736. The normalized spacial score (nSPS) is 14.7. The van der Waals surface area contributed by atoms with Crippen LogP contribution >= 0.6 is 0 Å². The number of hydrogen-bond acceptors (Lipinski definition) is 0. The van der Waals surface area contributed by atoms with Crippen molar-refractivity contribution in [1.29, 1.82) is 0 Å². The molecule has 2 nitrogen and oxygen atoms in total. The van der Waals surface area contributed by atoms with Crippen LogP contribution in [0.4, 0.5) is 0 Å². The van der Waals surface area contributed by atoms with E-state index in [-0.39, 0.29) is 5.54 Å². The van der Waals surface area contributed by atoms with Crippen molar-refractivity contribution in [3.63, 3.8) is 0 Å². The minimum Gasteiger partial charge on any atom is -0.217 e. The first-order valence-electron chi connectivity index (χ1n) is 9.99. The highest BCUT2D eigenvalue weighted by atomic mass is 15.2. The van der Waals surface area contributed by atoms with Crippen molar-refractivity contribution in [3.8, 4) is 17.1 Å². The summed E-state index contributed by atoms with van der Waals surface area (Å²) in [4.78, 5) is 0. The molecule has 0 aliphatic carbocycles. The van der Waals surface area contributed by atoms with Crippen molar-refractivity contribution in [2.24, 2.45) is 0 Å². The summed E-state index contributed by atoms with van der Waals surface area (Å²) >= 11 is 0. The first kappa shape index (κ1) is 16.3. The Morgan fingerprint density at radius 3 is 2.26 bits per heavy atom. The molecule has 1 aliphatic rings. The lowest BCUT2D eigenvalue weighted by atomic mass is 9.80. The lowest BCUT2D eigenvalue weighted by Gasteiger charge is -2.34. The van der Waals surface area contributed by atoms with E-state index in [1.54, 1.807) is 0 Å². The third kappa shape index (κ3) is 2.22. The van der Waals surface area contributed by atoms with E-state index < -0.39 is 0 Å². The second-order valence-corrected chi connectivity index (χ2v) is 7.58. The molecule has 2 heteroatoms. The third-order valence-electron chi connectivity index (χ3n) is 6.37. The van der Waals surface area contributed by atoms with E-state index in [2.05, 4.69) is 102 Å². The van der Waals surface area contributed by atoms with Gasteiger partial charge >= 0.3 is 0 Å². The summed E-state index contributed by atoms with van der Waals surface area (Å²) in [6.07, 6.45) is 3.34. The Hall–Kier alpha value is -2.87. The largest absolute Gasteiger partial charge is 0.295 e. The number of rotatable bonds is 3. The summed E-state index contributed by atoms with van der Waals surface area (Å²) in [6.45, 7) is 4.67. The van der Waals surface area contributed by atoms with Gasteiger partial charge in [0.1, 0.15) is 11.2 Å². The molecule has 0 spiro atoms. The molecular formula is C25H25N2+. The van der Waals surface area contributed by atoms with Gasteiger partial charge in [-0.3, -0.25) is 0 Å². The highest BCUT2D eigenvalue weighted by molar-refractivity contribution is 5.80. The maximum atomic E-state index is 2.64. The molecule has 0 bridgehead atoms. The van der Waals surface area contributed by atoms with Crippen LogP contribution in [-0.2, 0) is 12.0 Å². The quantitative estimate of drug-likeness (QED) is 0.420. The summed E-state index contributed by atoms with van der Waals surface area (Å²) in [5.74, 6) is 1.31. The summed E-state index contributed by atoms with van der Waals surface area (Å²) in [5.41, 5.74) is 6.76. The van der Waals surface area contributed by atoms with E-state index in [0.29, 0.717) is 0 Å². The number of aromatic nitrogens is 2. The number of imidazole rings is 1. The van der Waals surface area contributed by atoms with E-state index >= 15 is 0 Å². The van der Waals surface area contributed by atoms with Gasteiger partial charge < -0.3 is 0 Å². The molecule has 4 aromatic rings. The zero-order valence-electron chi connectivity index (χ0n) is 16.0. The van der Waals surface area contributed by atoms with Gasteiger partial charge in [0.25, 0.3) is 5.82 Å². The highest BCUT2D eigenvalue weighted by Gasteiger charge is 2.45. The Kier molecular flexibility index (Phi) is 3.68. The predicted molar refractivity (Wildman–Crippen MR) is 111 cm³/mol. The standard InChI is InChI=1S/C25H25N2/c1-3-25(4-2)18-19-12-8-9-15-21(19)24-26(20-13-6-5-7-14-20)22-16-10-11-17-23(22)27(24)25/h5-17H,3-4,18H2,1-2H3/q+1. The van der Waals surface area contributed by atoms with E-state index in [0.717, 1.165) is 19.3 Å². The minimum absolute atomic E-state index is 0.114. The first-order valence-corrected chi connectivity index (χ1v) is 9.99. The van der Waals surface area contributed by atoms with Crippen molar-refractivity contribution >= 4 is 11.0 Å². The van der Waals surface area contributed by atoms with Gasteiger partial charge in [-0.25, -0.2) is 4.57 Å². The average Bonchev–Trinajstić information content (AvgIpc) is 3.10. The van der Waals surface area contributed by atoms with Gasteiger partial charge in [-0.05, 0) is 48.7 Å². The van der Waals surface area contributed by atoms with Crippen LogP contribution < -0.4 is 4.57 Å². The Morgan fingerprint density at radius 1 is 0.815 bits per heavy atom. The molecule has 27 heavy (non-hydrogen) atoms. The zero-order chi connectivity index (χ0) is 18.4. The van der Waals surface area contributed by atoms with Gasteiger partial charge in [0.2, 0.25) is 0 Å². The molecule has 0 fully saturated rings. The van der Waals surface area contributed by atoms with Crippen LogP contribution in [0.1, 0.15) is 32.3 Å². The number of benzene rings is 3. The van der Waals surface area contributed by atoms with Crippen LogP contribution in [0.3, 0.4) is 0 Å². The molecule has 1 aromatic heterocycles. The van der Waals surface area contributed by atoms with E-state index in [1.165, 1.54) is 33.7 Å². The van der Waals surface area contributed by atoms with E-state index in [9.17, 15) is 0 Å². The van der Waals surface area contributed by atoms with Gasteiger partial charge in [-0.15, -0.1) is 0 Å². The number of fused-ring (bicyclic) bond motifs is 5. The molecule has 1 aliphatic heterocycles. The Morgan fingerprint density at radius 2 is 1.48 bits per heavy atom. The number of para-hydroxylation sites is 3. The molecule has 0 saturated carbocycles. The molecule has 0 saturated heterocycles. The highest BCUT2D eigenvalue weighted by Crippen LogP contribution is 2.40. The van der Waals surface area contributed by atoms with Crippen LogP contribution in [-0.4, -0.2) is 4.57 Å². The maximum Gasteiger partial charge on any atom is 0.295 e. The molecule has 0 radical (unpaired) electrons. The second-order valence-electron chi connectivity index (χ2n) is 7.58. The minimum atomic E-state index is 0.114. The van der Waals surface area contributed by atoms with Gasteiger partial charge in [0.15, 0.2) is 11.0 Å². The monoisotopic (exact) mass is 353 g/mol. The number of hydrogen-bond donors (Lipinski definition) is 0. The van der Waals surface area contributed by atoms with Crippen molar-refractivity contribution in [1.82, 2.24) is 4.57 Å². The predicted octanol–water partition coefficient (Wildman–Crippen LogP) is 5.66. The van der Waals surface area contributed by atoms with Crippen molar-refractivity contribution < 1.29 is 4.57 Å². The SMILES string of the molecule is CCC1(CC)Cc2ccccc2-c2n(-c3ccccc3)c3ccccc3[n+]21. The van der Waals surface area contributed by atoms with Crippen LogP contribution in [0, 0.1) is 0 Å². The summed E-state index contributed by atoms with van der Waals surface area (Å²) in [5, 5.41) is 0. The molecule has 0 unspecified atom stereocenters. The summed E-state index contributed by atoms with van der Waals surface area (Å²) in [7, 11) is 0. The van der Waals surface area contributed by atoms with Crippen molar-refractivity contribution in [3.05, 3.63) is 84.4 Å². The molecule has 0 amide bonds. The number of nitrogens with zero attached hydrogens (tertiary/aromatic N) is 2. The summed E-state index contributed by atoms with van der Waals surface area (Å²) in [6, 6.07) is 28.6. The van der Waals surface area contributed by atoms with Crippen molar-refractivity contribution in [2.75, 3.05) is 0 Å². The van der Waals surface area contributed by atoms with E-state index in [1.807, 2.05) is 0 Å². The fraction of sp³-hybridized carbons (Fsp3) is 0.240. The molecule has 3 aromatic carbocycles. The molecule has 134 valence electrons. The van der Waals surface area contributed by atoms with Crippen LogP contribution in [0.25, 0.3) is 28.1 Å². The fourth-order valence-corrected chi connectivity index (χ4v) is 4.87. The van der Waals surface area contributed by atoms with Gasteiger partial charge in [-0.1, -0.05) is 62.4 Å². The fourth-order valence-electron chi connectivity index (χ4n) is 4.87. The summed E-state index contributed by atoms with van der Waals surface area (Å²) < 4.78 is 5.09. The van der Waals surface area contributed by atoms with Gasteiger partial charge in [0.05, 0.1) is 5.56 Å². The topological polar surface area (TPSA) is 8.81 Å². The van der Waals surface area contributed by atoms with Crippen LogP contribution in [0.15, 0.2) is 78.9 Å². The third-order valence-corrected chi connectivity index (χ3v) is 6.37. The first-order chi connectivity index (χ1) is 13.3. The molecule has 0 atom stereocenters. The van der Waals surface area contributed by atoms with Gasteiger partial charge in [-0.2, -0.15) is 4.57 Å². The van der Waals surface area contributed by atoms with Crippen LogP contribution in [0.5, 0.6) is 0 Å². The average molecular weight is 353 g/mol. The van der Waals surface area contributed by atoms with Crippen molar-refractivity contribution in [2.45, 2.75) is 38.6 Å². The van der Waals surface area contributed by atoms with E-state index in [4.69, 9.17) is 0 Å². The Labute approximate surface area is 160 Å². The maximum absolute atomic E-state index is 2.64. The van der Waals surface area contributed by atoms with Crippen LogP contribution in [0.2, 0.25) is 0 Å². The Bertz CT molecular complexity index is 1120. The molecule has 0 N–H and O–H groups in total. The Balaban J connectivity index is 2.00. The molecular weight excluding hydrogens is 328 g/mol. The lowest BCUT2D eigenvalue weighted by Crippen LogP contribution is -2.60. The van der Waals surface area contributed by atoms with Gasteiger partial charge in [0, 0.05) is 6.42 Å². The molecule has 2 heterocycles. The zero-order valence-corrected chi connectivity index (χ0v) is 16.0.